The zero-order valence-corrected chi connectivity index (χ0v) is 21.2. The topological polar surface area (TPSA) is 64.6 Å². The van der Waals surface area contributed by atoms with Crippen LogP contribution in [0.15, 0.2) is 54.6 Å². The minimum atomic E-state index is -1.28. The van der Waals surface area contributed by atoms with Gasteiger partial charge in [-0.05, 0) is 78.4 Å². The maximum Gasteiger partial charge on any atom is 0.256 e. The summed E-state index contributed by atoms with van der Waals surface area (Å²) < 4.78 is 43.5. The van der Waals surface area contributed by atoms with E-state index in [-0.39, 0.29) is 24.3 Å². The van der Waals surface area contributed by atoms with Gasteiger partial charge in [0.05, 0.1) is 30.0 Å². The molecule has 0 unspecified atom stereocenters. The largest absolute Gasteiger partial charge is 0.385 e. The Labute approximate surface area is 215 Å². The molecule has 1 amide bonds. The second-order valence-corrected chi connectivity index (χ2v) is 10.1. The van der Waals surface area contributed by atoms with Crippen LogP contribution >= 0.6 is 22.6 Å². The number of aryl methyl sites for hydroxylation is 1. The molecule has 1 saturated heterocycles. The summed E-state index contributed by atoms with van der Waals surface area (Å²) in [5, 5.41) is 16.5. The van der Waals surface area contributed by atoms with Crippen molar-refractivity contribution in [1.82, 2.24) is 10.2 Å². The number of halogens is 4. The zero-order chi connectivity index (χ0) is 25.2. The average Bonchev–Trinajstić information content (AvgIpc) is 2.80. The number of hydrogen-bond donors (Lipinski definition) is 3. The second kappa shape index (κ2) is 10.5. The van der Waals surface area contributed by atoms with Crippen LogP contribution in [0.5, 0.6) is 0 Å². The van der Waals surface area contributed by atoms with Gasteiger partial charge in [0, 0.05) is 10.1 Å². The Morgan fingerprint density at radius 3 is 2.46 bits per heavy atom. The molecule has 4 rings (SSSR count). The molecular formula is C26H25F3IN3O2. The lowest BCUT2D eigenvalue weighted by molar-refractivity contribution is -0.0783. The van der Waals surface area contributed by atoms with E-state index in [9.17, 15) is 23.1 Å². The summed E-state index contributed by atoms with van der Waals surface area (Å²) in [6, 6.07) is 14.5. The van der Waals surface area contributed by atoms with Gasteiger partial charge < -0.3 is 20.6 Å². The van der Waals surface area contributed by atoms with Crippen molar-refractivity contribution in [3.05, 3.63) is 92.3 Å². The first-order valence-corrected chi connectivity index (χ1v) is 12.2. The lowest BCUT2D eigenvalue weighted by Gasteiger charge is -2.46. The molecule has 0 bridgehead atoms. The van der Waals surface area contributed by atoms with Crippen molar-refractivity contribution < 1.29 is 23.1 Å². The van der Waals surface area contributed by atoms with Crippen LogP contribution < -0.4 is 10.6 Å². The molecule has 35 heavy (non-hydrogen) atoms. The number of carbonyl (C=O) groups excluding carboxylic acids is 1. The predicted molar refractivity (Wildman–Crippen MR) is 137 cm³/mol. The molecule has 0 spiro atoms. The number of β-amino-alcohol motifs (C(OH)–C–C–N with tert-alkyl or cyclic N) is 1. The van der Waals surface area contributed by atoms with E-state index in [1.165, 1.54) is 28.2 Å². The van der Waals surface area contributed by atoms with Crippen LogP contribution in [0.3, 0.4) is 0 Å². The molecule has 3 N–H and O–H groups in total. The SMILES string of the molecule is Cc1ccc(CCNCC2(O)CN(C(=O)c3ccc(F)c(F)c3Nc3ccc(I)cc3F)C2)cc1. The van der Waals surface area contributed by atoms with Crippen molar-refractivity contribution >= 4 is 39.9 Å². The number of hydrogen-bond acceptors (Lipinski definition) is 4. The van der Waals surface area contributed by atoms with E-state index in [4.69, 9.17) is 0 Å². The Bertz CT molecular complexity index is 1230. The summed E-state index contributed by atoms with van der Waals surface area (Å²) in [5.74, 6) is -3.68. The van der Waals surface area contributed by atoms with Gasteiger partial charge in [-0.15, -0.1) is 0 Å². The van der Waals surface area contributed by atoms with Gasteiger partial charge in [-0.2, -0.15) is 0 Å². The maximum absolute atomic E-state index is 14.6. The van der Waals surface area contributed by atoms with Gasteiger partial charge in [-0.3, -0.25) is 4.79 Å². The molecule has 0 aliphatic carbocycles. The highest BCUT2D eigenvalue weighted by Crippen LogP contribution is 2.31. The quantitative estimate of drug-likeness (QED) is 0.259. The van der Waals surface area contributed by atoms with Crippen molar-refractivity contribution in [2.75, 3.05) is 31.5 Å². The fourth-order valence-electron chi connectivity index (χ4n) is 3.98. The van der Waals surface area contributed by atoms with E-state index in [0.717, 1.165) is 18.6 Å². The van der Waals surface area contributed by atoms with Crippen LogP contribution in [-0.2, 0) is 6.42 Å². The van der Waals surface area contributed by atoms with Crippen LogP contribution in [0.4, 0.5) is 24.5 Å². The van der Waals surface area contributed by atoms with Crippen molar-refractivity contribution in [3.8, 4) is 0 Å². The van der Waals surface area contributed by atoms with Crippen molar-refractivity contribution in [2.45, 2.75) is 18.9 Å². The maximum atomic E-state index is 14.6. The van der Waals surface area contributed by atoms with Gasteiger partial charge >= 0.3 is 0 Å². The molecule has 184 valence electrons. The summed E-state index contributed by atoms with van der Waals surface area (Å²) in [4.78, 5) is 14.4. The molecule has 3 aromatic rings. The molecule has 1 aliphatic heterocycles. The highest BCUT2D eigenvalue weighted by atomic mass is 127. The summed E-state index contributed by atoms with van der Waals surface area (Å²) >= 11 is 1.93. The summed E-state index contributed by atoms with van der Waals surface area (Å²) in [7, 11) is 0. The first-order chi connectivity index (χ1) is 16.6. The van der Waals surface area contributed by atoms with Gasteiger partial charge in [0.1, 0.15) is 11.4 Å². The van der Waals surface area contributed by atoms with Gasteiger partial charge in [0.15, 0.2) is 11.6 Å². The van der Waals surface area contributed by atoms with Crippen molar-refractivity contribution in [1.29, 1.82) is 0 Å². The van der Waals surface area contributed by atoms with E-state index in [2.05, 4.69) is 22.8 Å². The van der Waals surface area contributed by atoms with Crippen LogP contribution in [-0.4, -0.2) is 47.7 Å². The lowest BCUT2D eigenvalue weighted by Crippen LogP contribution is -2.67. The van der Waals surface area contributed by atoms with Crippen molar-refractivity contribution in [2.24, 2.45) is 0 Å². The average molecular weight is 595 g/mol. The third-order valence-electron chi connectivity index (χ3n) is 5.94. The van der Waals surface area contributed by atoms with E-state index < -0.39 is 34.6 Å². The zero-order valence-electron chi connectivity index (χ0n) is 19.0. The monoisotopic (exact) mass is 595 g/mol. The minimum absolute atomic E-state index is 0.0414. The predicted octanol–water partition coefficient (Wildman–Crippen LogP) is 4.78. The first-order valence-electron chi connectivity index (χ1n) is 11.1. The lowest BCUT2D eigenvalue weighted by atomic mass is 9.92. The fourth-order valence-corrected chi connectivity index (χ4v) is 4.43. The highest BCUT2D eigenvalue weighted by molar-refractivity contribution is 14.1. The van der Waals surface area contributed by atoms with Gasteiger partial charge in [-0.25, -0.2) is 13.2 Å². The van der Waals surface area contributed by atoms with Gasteiger partial charge in [0.25, 0.3) is 5.91 Å². The van der Waals surface area contributed by atoms with E-state index in [0.29, 0.717) is 16.7 Å². The number of benzene rings is 3. The molecule has 1 fully saturated rings. The molecule has 1 heterocycles. The molecule has 5 nitrogen and oxygen atoms in total. The number of nitrogens with zero attached hydrogens (tertiary/aromatic N) is 1. The Morgan fingerprint density at radius 2 is 1.77 bits per heavy atom. The Hall–Kier alpha value is -2.63. The number of amides is 1. The van der Waals surface area contributed by atoms with Crippen LogP contribution in [0.2, 0.25) is 0 Å². The summed E-state index contributed by atoms with van der Waals surface area (Å²) in [5.41, 5.74) is 0.596. The van der Waals surface area contributed by atoms with Crippen LogP contribution in [0.25, 0.3) is 0 Å². The fraction of sp³-hybridized carbons (Fsp3) is 0.269. The number of anilines is 2. The van der Waals surface area contributed by atoms with E-state index in [1.807, 2.05) is 41.6 Å². The molecule has 0 saturated carbocycles. The molecule has 0 atom stereocenters. The third-order valence-corrected chi connectivity index (χ3v) is 6.61. The standard InChI is InChI=1S/C26H25F3IN3O2/c1-16-2-4-17(5-3-16)10-11-31-13-26(35)14-33(15-26)25(34)19-7-8-20(27)23(29)24(19)32-22-9-6-18(30)12-21(22)28/h2-9,12,31-32,35H,10-11,13-15H2,1H3. The molecule has 9 heteroatoms. The minimum Gasteiger partial charge on any atom is -0.385 e. The number of carbonyl (C=O) groups is 1. The molecule has 3 aromatic carbocycles. The normalized spacial score (nSPS) is 14.5. The Morgan fingerprint density at radius 1 is 1.06 bits per heavy atom. The first kappa shape index (κ1) is 25.5. The molecule has 1 aliphatic rings. The summed E-state index contributed by atoms with van der Waals surface area (Å²) in [6.07, 6.45) is 0.804. The Kier molecular flexibility index (Phi) is 7.67. The highest BCUT2D eigenvalue weighted by Gasteiger charge is 2.44. The third kappa shape index (κ3) is 5.96. The summed E-state index contributed by atoms with van der Waals surface area (Å²) in [6.45, 7) is 3.07. The molecule has 0 radical (unpaired) electrons. The Balaban J connectivity index is 1.38. The van der Waals surface area contributed by atoms with Crippen molar-refractivity contribution in [3.63, 3.8) is 0 Å². The smallest absolute Gasteiger partial charge is 0.256 e. The van der Waals surface area contributed by atoms with Gasteiger partial charge in [-0.1, -0.05) is 29.8 Å². The number of nitrogens with one attached hydrogen (secondary N) is 2. The number of likely N-dealkylation sites (tertiary alicyclic amines) is 1. The number of rotatable bonds is 8. The van der Waals surface area contributed by atoms with E-state index >= 15 is 0 Å². The van der Waals surface area contributed by atoms with E-state index in [1.54, 1.807) is 6.07 Å². The number of aliphatic hydroxyl groups is 1. The molecule has 0 aromatic heterocycles. The van der Waals surface area contributed by atoms with Gasteiger partial charge in [0.2, 0.25) is 0 Å². The van der Waals surface area contributed by atoms with Crippen LogP contribution in [0.1, 0.15) is 21.5 Å². The second-order valence-electron chi connectivity index (χ2n) is 8.83. The van der Waals surface area contributed by atoms with Crippen LogP contribution in [0, 0.1) is 27.9 Å². The molecular weight excluding hydrogens is 570 g/mol.